The van der Waals surface area contributed by atoms with E-state index < -0.39 is 17.6 Å². The number of anilines is 1. The van der Waals surface area contributed by atoms with E-state index in [9.17, 15) is 18.0 Å². The molecule has 82 valence electrons. The van der Waals surface area contributed by atoms with Crippen molar-refractivity contribution >= 4 is 11.6 Å². The van der Waals surface area contributed by atoms with E-state index in [2.05, 4.69) is 5.32 Å². The molecule has 0 fully saturated rings. The van der Waals surface area contributed by atoms with Crippen molar-refractivity contribution in [1.29, 1.82) is 0 Å². The predicted octanol–water partition coefficient (Wildman–Crippen LogP) is 3.05. The Kier molecular flexibility index (Phi) is 3.34. The molecule has 5 heteroatoms. The molecule has 1 amide bonds. The van der Waals surface area contributed by atoms with Gasteiger partial charge in [-0.1, -0.05) is 19.1 Å². The first-order valence-electron chi connectivity index (χ1n) is 4.41. The van der Waals surface area contributed by atoms with Crippen molar-refractivity contribution < 1.29 is 18.0 Å². The van der Waals surface area contributed by atoms with Crippen molar-refractivity contribution in [2.45, 2.75) is 19.5 Å². The van der Waals surface area contributed by atoms with Crippen molar-refractivity contribution in [2.75, 3.05) is 5.32 Å². The number of amides is 1. The minimum Gasteiger partial charge on any atom is -0.326 e. The monoisotopic (exact) mass is 217 g/mol. The summed E-state index contributed by atoms with van der Waals surface area (Å²) in [5.74, 6) is -0.438. The summed E-state index contributed by atoms with van der Waals surface area (Å²) in [7, 11) is 0. The van der Waals surface area contributed by atoms with Gasteiger partial charge in [0.2, 0.25) is 5.91 Å². The first-order valence-corrected chi connectivity index (χ1v) is 4.41. The molecule has 0 bridgehead atoms. The van der Waals surface area contributed by atoms with Crippen molar-refractivity contribution in [3.8, 4) is 0 Å². The maximum absolute atomic E-state index is 12.5. The van der Waals surface area contributed by atoms with Crippen LogP contribution in [0.4, 0.5) is 18.9 Å². The normalized spacial score (nSPS) is 11.2. The zero-order valence-corrected chi connectivity index (χ0v) is 8.06. The molecule has 15 heavy (non-hydrogen) atoms. The summed E-state index contributed by atoms with van der Waals surface area (Å²) >= 11 is 0. The molecule has 0 atom stereocenters. The van der Waals surface area contributed by atoms with E-state index >= 15 is 0 Å². The Labute approximate surface area is 85.1 Å². The van der Waals surface area contributed by atoms with Crippen molar-refractivity contribution in [2.24, 2.45) is 0 Å². The molecule has 0 unspecified atom stereocenters. The topological polar surface area (TPSA) is 29.1 Å². The molecule has 0 saturated carbocycles. The highest BCUT2D eigenvalue weighted by Gasteiger charge is 2.33. The lowest BCUT2D eigenvalue weighted by molar-refractivity contribution is -0.137. The second-order valence-corrected chi connectivity index (χ2v) is 2.95. The summed E-state index contributed by atoms with van der Waals surface area (Å²) in [6.07, 6.45) is -4.30. The van der Waals surface area contributed by atoms with E-state index in [0.29, 0.717) is 0 Å². The molecule has 1 aromatic carbocycles. The standard InChI is InChI=1S/C10H10F3NO/c1-2-9(15)14-8-6-4-3-5-7(8)10(11,12)13/h3-6H,2H2,1H3,(H,14,15). The van der Waals surface area contributed by atoms with E-state index in [-0.39, 0.29) is 12.1 Å². The average Bonchev–Trinajstić information content (AvgIpc) is 2.17. The highest BCUT2D eigenvalue weighted by atomic mass is 19.4. The Morgan fingerprint density at radius 1 is 1.33 bits per heavy atom. The van der Waals surface area contributed by atoms with Crippen molar-refractivity contribution in [3.63, 3.8) is 0 Å². The molecule has 1 aromatic rings. The van der Waals surface area contributed by atoms with E-state index in [4.69, 9.17) is 0 Å². The van der Waals surface area contributed by atoms with Gasteiger partial charge in [0.25, 0.3) is 0 Å². The minimum atomic E-state index is -4.45. The highest BCUT2D eigenvalue weighted by molar-refractivity contribution is 5.91. The van der Waals surface area contributed by atoms with E-state index in [0.717, 1.165) is 6.07 Å². The van der Waals surface area contributed by atoms with E-state index in [1.807, 2.05) is 0 Å². The van der Waals surface area contributed by atoms with Crippen LogP contribution in [-0.4, -0.2) is 5.91 Å². The second-order valence-electron chi connectivity index (χ2n) is 2.95. The fourth-order valence-electron chi connectivity index (χ4n) is 1.08. The summed E-state index contributed by atoms with van der Waals surface area (Å²) in [5.41, 5.74) is -1.02. The SMILES string of the molecule is CCC(=O)Nc1ccccc1C(F)(F)F. The van der Waals surface area contributed by atoms with Gasteiger partial charge >= 0.3 is 6.18 Å². The van der Waals surface area contributed by atoms with Crippen LogP contribution in [0.5, 0.6) is 0 Å². The molecular formula is C10H10F3NO. The van der Waals surface area contributed by atoms with Gasteiger partial charge in [-0.3, -0.25) is 4.79 Å². The Bertz CT molecular complexity index is 360. The number of hydrogen-bond acceptors (Lipinski definition) is 1. The van der Waals surface area contributed by atoms with Crippen LogP contribution in [0.15, 0.2) is 24.3 Å². The molecule has 0 aliphatic heterocycles. The third kappa shape index (κ3) is 2.97. The van der Waals surface area contributed by atoms with Gasteiger partial charge in [-0.2, -0.15) is 13.2 Å². The molecular weight excluding hydrogens is 207 g/mol. The molecule has 0 spiro atoms. The van der Waals surface area contributed by atoms with Crippen LogP contribution in [0.2, 0.25) is 0 Å². The number of rotatable bonds is 2. The summed E-state index contributed by atoms with van der Waals surface area (Å²) in [6.45, 7) is 1.57. The van der Waals surface area contributed by atoms with Gasteiger partial charge in [-0.05, 0) is 12.1 Å². The quantitative estimate of drug-likeness (QED) is 0.810. The van der Waals surface area contributed by atoms with Crippen molar-refractivity contribution in [3.05, 3.63) is 29.8 Å². The largest absolute Gasteiger partial charge is 0.418 e. The number of benzene rings is 1. The number of alkyl halides is 3. The Hall–Kier alpha value is -1.52. The Balaban J connectivity index is 3.02. The Morgan fingerprint density at radius 2 is 1.93 bits per heavy atom. The zero-order chi connectivity index (χ0) is 11.5. The maximum atomic E-state index is 12.5. The van der Waals surface area contributed by atoms with E-state index in [1.54, 1.807) is 6.92 Å². The van der Waals surface area contributed by atoms with Crippen LogP contribution >= 0.6 is 0 Å². The smallest absolute Gasteiger partial charge is 0.326 e. The zero-order valence-electron chi connectivity index (χ0n) is 8.06. The van der Waals surface area contributed by atoms with Gasteiger partial charge in [0.1, 0.15) is 0 Å². The Morgan fingerprint density at radius 3 is 2.47 bits per heavy atom. The van der Waals surface area contributed by atoms with Gasteiger partial charge in [-0.25, -0.2) is 0 Å². The molecule has 0 aliphatic rings. The molecule has 1 N–H and O–H groups in total. The van der Waals surface area contributed by atoms with Gasteiger partial charge < -0.3 is 5.32 Å². The van der Waals surface area contributed by atoms with Crippen LogP contribution in [0.25, 0.3) is 0 Å². The van der Waals surface area contributed by atoms with Crippen LogP contribution in [0, 0.1) is 0 Å². The van der Waals surface area contributed by atoms with Gasteiger partial charge in [0, 0.05) is 6.42 Å². The summed E-state index contributed by atoms with van der Waals surface area (Å²) in [4.78, 5) is 11.0. The maximum Gasteiger partial charge on any atom is 0.418 e. The number of carbonyl (C=O) groups excluding carboxylic acids is 1. The lowest BCUT2D eigenvalue weighted by Gasteiger charge is -2.12. The van der Waals surface area contributed by atoms with Gasteiger partial charge in [0.05, 0.1) is 11.3 Å². The van der Waals surface area contributed by atoms with Crippen LogP contribution < -0.4 is 5.32 Å². The van der Waals surface area contributed by atoms with Gasteiger partial charge in [-0.15, -0.1) is 0 Å². The molecule has 0 aliphatic carbocycles. The predicted molar refractivity (Wildman–Crippen MR) is 50.4 cm³/mol. The average molecular weight is 217 g/mol. The number of carbonyl (C=O) groups is 1. The van der Waals surface area contributed by atoms with E-state index in [1.165, 1.54) is 18.2 Å². The number of halogens is 3. The lowest BCUT2D eigenvalue weighted by atomic mass is 10.1. The van der Waals surface area contributed by atoms with Crippen molar-refractivity contribution in [1.82, 2.24) is 0 Å². The first-order chi connectivity index (χ1) is 6.95. The second kappa shape index (κ2) is 4.33. The van der Waals surface area contributed by atoms with Crippen LogP contribution in [0.1, 0.15) is 18.9 Å². The third-order valence-corrected chi connectivity index (χ3v) is 1.83. The molecule has 0 aromatic heterocycles. The van der Waals surface area contributed by atoms with Crippen LogP contribution in [0.3, 0.4) is 0 Å². The summed E-state index contributed by atoms with van der Waals surface area (Å²) in [6, 6.07) is 4.90. The molecule has 0 saturated heterocycles. The molecule has 1 rings (SSSR count). The lowest BCUT2D eigenvalue weighted by Crippen LogP contribution is -2.15. The van der Waals surface area contributed by atoms with Crippen LogP contribution in [-0.2, 0) is 11.0 Å². The minimum absolute atomic E-state index is 0.145. The fourth-order valence-corrected chi connectivity index (χ4v) is 1.08. The summed E-state index contributed by atoms with van der Waals surface area (Å²) in [5, 5.41) is 2.21. The van der Waals surface area contributed by atoms with Gasteiger partial charge in [0.15, 0.2) is 0 Å². The number of para-hydroxylation sites is 1. The molecule has 2 nitrogen and oxygen atoms in total. The fraction of sp³-hybridized carbons (Fsp3) is 0.300. The molecule has 0 radical (unpaired) electrons. The number of hydrogen-bond donors (Lipinski definition) is 1. The third-order valence-electron chi connectivity index (χ3n) is 1.83. The molecule has 0 heterocycles. The highest BCUT2D eigenvalue weighted by Crippen LogP contribution is 2.34. The first kappa shape index (κ1) is 11.6. The number of nitrogens with one attached hydrogen (secondary N) is 1. The summed E-state index contributed by atoms with van der Waals surface area (Å²) < 4.78 is 37.4.